The van der Waals surface area contributed by atoms with Crippen molar-refractivity contribution in [2.45, 2.75) is 26.2 Å². The number of hydrogen-bond donors (Lipinski definition) is 0. The van der Waals surface area contributed by atoms with Gasteiger partial charge in [-0.25, -0.2) is 0 Å². The van der Waals surface area contributed by atoms with Crippen molar-refractivity contribution in [3.8, 4) is 0 Å². The molecule has 1 aromatic heterocycles. The van der Waals surface area contributed by atoms with Gasteiger partial charge in [0.2, 0.25) is 0 Å². The van der Waals surface area contributed by atoms with E-state index in [2.05, 4.69) is 50.7 Å². The fourth-order valence-electron chi connectivity index (χ4n) is 1.24. The minimum absolute atomic E-state index is 0. The molecule has 0 spiro atoms. The molecule has 1 aromatic rings. The van der Waals surface area contributed by atoms with E-state index in [9.17, 15) is 0 Å². The van der Waals surface area contributed by atoms with Gasteiger partial charge in [0.05, 0.1) is 0 Å². The van der Waals surface area contributed by atoms with Gasteiger partial charge in [0.15, 0.2) is 0 Å². The van der Waals surface area contributed by atoms with Crippen LogP contribution in [0.2, 0.25) is 0 Å². The summed E-state index contributed by atoms with van der Waals surface area (Å²) in [7, 11) is 2.08. The van der Waals surface area contributed by atoms with Crippen molar-refractivity contribution in [2.75, 3.05) is 0 Å². The van der Waals surface area contributed by atoms with Crippen molar-refractivity contribution in [3.05, 3.63) is 24.0 Å². The molecule has 0 unspecified atom stereocenters. The number of rotatable bonds is 0. The van der Waals surface area contributed by atoms with Crippen LogP contribution in [0.4, 0.5) is 0 Å². The molecule has 0 saturated heterocycles. The summed E-state index contributed by atoms with van der Waals surface area (Å²) < 4.78 is 2.17. The van der Waals surface area contributed by atoms with Gasteiger partial charge in [-0.3, -0.25) is 0 Å². The molecule has 11 heavy (non-hydrogen) atoms. The molecule has 0 radical (unpaired) electrons. The van der Waals surface area contributed by atoms with Crippen molar-refractivity contribution in [2.24, 2.45) is 7.05 Å². The Labute approximate surface area is 68.2 Å². The zero-order chi connectivity index (χ0) is 7.78. The first-order chi connectivity index (χ1) is 4.52. The smallest absolute Gasteiger partial charge is 0.0225 e. The molecule has 0 aromatic carbocycles. The van der Waals surface area contributed by atoms with Crippen LogP contribution in [0.5, 0.6) is 0 Å². The summed E-state index contributed by atoms with van der Waals surface area (Å²) in [5, 5.41) is 0. The molecule has 0 aliphatic rings. The minimum atomic E-state index is 0. The topological polar surface area (TPSA) is 36.4 Å². The first kappa shape index (κ1) is 10.2. The predicted octanol–water partition coefficient (Wildman–Crippen LogP) is 1.50. The van der Waals surface area contributed by atoms with Crippen LogP contribution >= 0.6 is 0 Å². The molecule has 1 heterocycles. The lowest BCUT2D eigenvalue weighted by Crippen LogP contribution is -2.15. The summed E-state index contributed by atoms with van der Waals surface area (Å²) >= 11 is 0. The highest BCUT2D eigenvalue weighted by molar-refractivity contribution is 5.15. The molecule has 2 nitrogen and oxygen atoms in total. The molecule has 2 N–H and O–H groups in total. The van der Waals surface area contributed by atoms with Gasteiger partial charge in [-0.05, 0) is 12.1 Å². The highest BCUT2D eigenvalue weighted by Gasteiger charge is 2.15. The standard InChI is InChI=1S/C9H15N.H2O/c1-9(2,3)8-6-5-7-10(8)4;/h5-7H,1-4H3;1H2. The predicted molar refractivity (Wildman–Crippen MR) is 47.7 cm³/mol. The zero-order valence-electron chi connectivity index (χ0n) is 7.68. The van der Waals surface area contributed by atoms with E-state index in [1.807, 2.05) is 0 Å². The highest BCUT2D eigenvalue weighted by Crippen LogP contribution is 2.21. The largest absolute Gasteiger partial charge is 0.412 e. The van der Waals surface area contributed by atoms with E-state index in [4.69, 9.17) is 0 Å². The second kappa shape index (κ2) is 3.09. The summed E-state index contributed by atoms with van der Waals surface area (Å²) in [6.07, 6.45) is 2.08. The maximum Gasteiger partial charge on any atom is 0.0225 e. The highest BCUT2D eigenvalue weighted by atomic mass is 16.0. The first-order valence-electron chi connectivity index (χ1n) is 3.63. The van der Waals surface area contributed by atoms with Crippen LogP contribution in [0.3, 0.4) is 0 Å². The van der Waals surface area contributed by atoms with Gasteiger partial charge in [-0.15, -0.1) is 0 Å². The third-order valence-electron chi connectivity index (χ3n) is 1.71. The quantitative estimate of drug-likeness (QED) is 0.544. The summed E-state index contributed by atoms with van der Waals surface area (Å²) in [4.78, 5) is 0. The zero-order valence-corrected chi connectivity index (χ0v) is 7.68. The lowest BCUT2D eigenvalue weighted by atomic mass is 9.92. The Balaban J connectivity index is 0.000001000. The third kappa shape index (κ3) is 2.09. The number of hydrogen-bond acceptors (Lipinski definition) is 0. The van der Waals surface area contributed by atoms with Crippen molar-refractivity contribution < 1.29 is 5.48 Å². The molecule has 0 amide bonds. The van der Waals surface area contributed by atoms with E-state index >= 15 is 0 Å². The van der Waals surface area contributed by atoms with Gasteiger partial charge >= 0.3 is 0 Å². The Bertz CT molecular complexity index is 220. The molecule has 0 aliphatic heterocycles. The number of aromatic nitrogens is 1. The monoisotopic (exact) mass is 155 g/mol. The Morgan fingerprint density at radius 3 is 2.00 bits per heavy atom. The molecule has 0 atom stereocenters. The normalized spacial score (nSPS) is 10.9. The number of aryl methyl sites for hydroxylation is 1. The molecule has 64 valence electrons. The fraction of sp³-hybridized carbons (Fsp3) is 0.556. The summed E-state index contributed by atoms with van der Waals surface area (Å²) in [5.74, 6) is 0. The molecule has 0 aliphatic carbocycles. The van der Waals surface area contributed by atoms with Crippen LogP contribution in [0, 0.1) is 0 Å². The first-order valence-corrected chi connectivity index (χ1v) is 3.63. The molecule has 2 heteroatoms. The Morgan fingerprint density at radius 2 is 1.82 bits per heavy atom. The Morgan fingerprint density at radius 1 is 1.27 bits per heavy atom. The number of nitrogens with zero attached hydrogens (tertiary/aromatic N) is 1. The van der Waals surface area contributed by atoms with Gasteiger partial charge in [-0.2, -0.15) is 0 Å². The van der Waals surface area contributed by atoms with E-state index in [0.29, 0.717) is 0 Å². The molecule has 1 rings (SSSR count). The van der Waals surface area contributed by atoms with Gasteiger partial charge in [0.1, 0.15) is 0 Å². The average Bonchev–Trinajstić information content (AvgIpc) is 2.11. The lowest BCUT2D eigenvalue weighted by molar-refractivity contribution is 0.543. The molecule has 0 bridgehead atoms. The van der Waals surface area contributed by atoms with Crippen molar-refractivity contribution in [1.29, 1.82) is 0 Å². The van der Waals surface area contributed by atoms with Crippen LogP contribution in [-0.4, -0.2) is 10.0 Å². The van der Waals surface area contributed by atoms with Crippen molar-refractivity contribution in [3.63, 3.8) is 0 Å². The lowest BCUT2D eigenvalue weighted by Gasteiger charge is -2.19. The molecule has 0 fully saturated rings. The Hall–Kier alpha value is -0.760. The Kier molecular flexibility index (Phi) is 2.88. The van der Waals surface area contributed by atoms with E-state index in [0.717, 1.165) is 0 Å². The van der Waals surface area contributed by atoms with Gasteiger partial charge in [0, 0.05) is 24.4 Å². The van der Waals surface area contributed by atoms with Crippen LogP contribution in [0.1, 0.15) is 26.5 Å². The summed E-state index contributed by atoms with van der Waals surface area (Å²) in [6, 6.07) is 4.25. The van der Waals surface area contributed by atoms with Crippen LogP contribution < -0.4 is 0 Å². The maximum atomic E-state index is 2.22. The van der Waals surface area contributed by atoms with E-state index < -0.39 is 0 Å². The van der Waals surface area contributed by atoms with Crippen LogP contribution in [0.15, 0.2) is 18.3 Å². The van der Waals surface area contributed by atoms with Gasteiger partial charge < -0.3 is 10.0 Å². The molecular weight excluding hydrogens is 138 g/mol. The maximum absolute atomic E-state index is 2.22. The van der Waals surface area contributed by atoms with Crippen LogP contribution in [-0.2, 0) is 12.5 Å². The van der Waals surface area contributed by atoms with Gasteiger partial charge in [-0.1, -0.05) is 20.8 Å². The second-order valence-electron chi connectivity index (χ2n) is 3.75. The molecule has 0 saturated carbocycles. The molecular formula is C9H17NO. The second-order valence-corrected chi connectivity index (χ2v) is 3.75. The van der Waals surface area contributed by atoms with E-state index in [-0.39, 0.29) is 10.9 Å². The minimum Gasteiger partial charge on any atom is -0.412 e. The van der Waals surface area contributed by atoms with Crippen molar-refractivity contribution in [1.82, 2.24) is 4.57 Å². The summed E-state index contributed by atoms with van der Waals surface area (Å²) in [5.41, 5.74) is 1.66. The SMILES string of the molecule is Cn1cccc1C(C)(C)C.O. The van der Waals surface area contributed by atoms with E-state index in [1.165, 1.54) is 5.69 Å². The average molecular weight is 155 g/mol. The fourth-order valence-corrected chi connectivity index (χ4v) is 1.24. The summed E-state index contributed by atoms with van der Waals surface area (Å²) in [6.45, 7) is 6.67. The third-order valence-corrected chi connectivity index (χ3v) is 1.71. The van der Waals surface area contributed by atoms with Crippen molar-refractivity contribution >= 4 is 0 Å². The van der Waals surface area contributed by atoms with E-state index in [1.54, 1.807) is 0 Å². The van der Waals surface area contributed by atoms with Crippen LogP contribution in [0.25, 0.3) is 0 Å². The van der Waals surface area contributed by atoms with Gasteiger partial charge in [0.25, 0.3) is 0 Å².